The van der Waals surface area contributed by atoms with E-state index in [0.717, 1.165) is 17.7 Å². The van der Waals surface area contributed by atoms with Crippen LogP contribution in [0.5, 0.6) is 11.5 Å². The number of rotatable bonds is 6. The van der Waals surface area contributed by atoms with E-state index < -0.39 is 41.3 Å². The van der Waals surface area contributed by atoms with Crippen molar-refractivity contribution in [3.05, 3.63) is 71.0 Å². The second kappa shape index (κ2) is 8.83. The van der Waals surface area contributed by atoms with Crippen molar-refractivity contribution in [3.63, 3.8) is 0 Å². The summed E-state index contributed by atoms with van der Waals surface area (Å²) in [6.45, 7) is 2.14. The Hall–Kier alpha value is -3.40. The van der Waals surface area contributed by atoms with Crippen molar-refractivity contribution < 1.29 is 38.7 Å². The van der Waals surface area contributed by atoms with Gasteiger partial charge in [0.15, 0.2) is 29.8 Å². The van der Waals surface area contributed by atoms with E-state index >= 15 is 0 Å². The van der Waals surface area contributed by atoms with Crippen LogP contribution in [0, 0.1) is 0 Å². The summed E-state index contributed by atoms with van der Waals surface area (Å²) in [5.41, 5.74) is 0.455. The Morgan fingerprint density at radius 3 is 2.66 bits per heavy atom. The zero-order chi connectivity index (χ0) is 26.8. The van der Waals surface area contributed by atoms with Crippen LogP contribution >= 0.6 is 0 Å². The van der Waals surface area contributed by atoms with E-state index in [1.807, 2.05) is 19.2 Å². The number of likely N-dealkylation sites (tertiary alicyclic amines) is 1. The Kier molecular flexibility index (Phi) is 5.79. The van der Waals surface area contributed by atoms with Crippen LogP contribution in [0.1, 0.15) is 42.6 Å². The SMILES string of the molecule is COc1ccc2c3c1O[C@H]1C(OC(=O)[C@H](C)OC(=O)[C@@H](O)c4ccccc4)=CC[C@@]4(O)[C@@H](C2)N(C)CC[C@]314. The smallest absolute Gasteiger partial charge is 0.352 e. The average molecular weight is 522 g/mol. The molecule has 0 unspecified atom stereocenters. The third-order valence-corrected chi connectivity index (χ3v) is 8.74. The minimum atomic E-state index is -1.52. The number of ether oxygens (including phenoxy) is 4. The summed E-state index contributed by atoms with van der Waals surface area (Å²) in [5, 5.41) is 22.6. The van der Waals surface area contributed by atoms with Gasteiger partial charge in [-0.2, -0.15) is 0 Å². The fraction of sp³-hybridized carbons (Fsp3) is 0.448. The first-order chi connectivity index (χ1) is 18.2. The predicted molar refractivity (Wildman–Crippen MR) is 135 cm³/mol. The first-order valence-corrected chi connectivity index (χ1v) is 12.9. The summed E-state index contributed by atoms with van der Waals surface area (Å²) in [4.78, 5) is 27.8. The highest BCUT2D eigenvalue weighted by molar-refractivity contribution is 5.82. The number of carbonyl (C=O) groups excluding carboxylic acids is 2. The second-order valence-corrected chi connectivity index (χ2v) is 10.6. The van der Waals surface area contributed by atoms with Crippen LogP contribution in [-0.2, 0) is 30.9 Å². The summed E-state index contributed by atoms with van der Waals surface area (Å²) in [7, 11) is 3.60. The van der Waals surface area contributed by atoms with E-state index in [1.54, 1.807) is 43.5 Å². The molecule has 9 nitrogen and oxygen atoms in total. The summed E-state index contributed by atoms with van der Waals surface area (Å²) >= 11 is 0. The Balaban J connectivity index is 1.28. The van der Waals surface area contributed by atoms with E-state index in [2.05, 4.69) is 4.90 Å². The molecule has 200 valence electrons. The van der Waals surface area contributed by atoms with Gasteiger partial charge >= 0.3 is 11.9 Å². The molecule has 2 bridgehead atoms. The minimum absolute atomic E-state index is 0.123. The van der Waals surface area contributed by atoms with Gasteiger partial charge in [0.25, 0.3) is 0 Å². The molecule has 6 atom stereocenters. The van der Waals surface area contributed by atoms with Crippen LogP contribution in [0.2, 0.25) is 0 Å². The number of piperidine rings is 1. The Labute approximate surface area is 220 Å². The Bertz CT molecular complexity index is 1330. The predicted octanol–water partition coefficient (Wildman–Crippen LogP) is 2.18. The third-order valence-electron chi connectivity index (χ3n) is 8.74. The molecule has 38 heavy (non-hydrogen) atoms. The van der Waals surface area contributed by atoms with Crippen LogP contribution in [-0.4, -0.2) is 71.6 Å². The van der Waals surface area contributed by atoms with Crippen molar-refractivity contribution in [2.45, 2.75) is 61.6 Å². The lowest BCUT2D eigenvalue weighted by Crippen LogP contribution is -2.74. The lowest BCUT2D eigenvalue weighted by atomic mass is 9.50. The van der Waals surface area contributed by atoms with Crippen molar-refractivity contribution in [2.75, 3.05) is 20.7 Å². The summed E-state index contributed by atoms with van der Waals surface area (Å²) in [6, 6.07) is 12.1. The minimum Gasteiger partial charge on any atom is -0.493 e. The van der Waals surface area contributed by atoms with Gasteiger partial charge in [0.2, 0.25) is 0 Å². The molecule has 1 saturated heterocycles. The number of methoxy groups -OCH3 is 1. The molecule has 2 aromatic rings. The summed E-state index contributed by atoms with van der Waals surface area (Å²) < 4.78 is 23.1. The molecule has 2 N–H and O–H groups in total. The number of aliphatic hydroxyl groups excluding tert-OH is 1. The number of carbonyl (C=O) groups is 2. The number of likely N-dealkylation sites (N-methyl/N-ethyl adjacent to an activating group) is 1. The van der Waals surface area contributed by atoms with Crippen LogP contribution in [0.25, 0.3) is 0 Å². The normalized spacial score (nSPS) is 30.3. The first-order valence-electron chi connectivity index (χ1n) is 12.9. The van der Waals surface area contributed by atoms with Gasteiger partial charge < -0.3 is 34.1 Å². The molecule has 0 aromatic heterocycles. The van der Waals surface area contributed by atoms with Gasteiger partial charge in [0.1, 0.15) is 5.76 Å². The third kappa shape index (κ3) is 3.35. The molecule has 6 rings (SSSR count). The zero-order valence-electron chi connectivity index (χ0n) is 21.5. The van der Waals surface area contributed by atoms with Gasteiger partial charge in [-0.05, 0) is 56.6 Å². The fourth-order valence-corrected chi connectivity index (χ4v) is 6.85. The standard InChI is InChI=1S/C29H31NO8/c1-16(36-27(33)23(31)17-7-5-4-6-8-17)26(32)37-20-11-12-29(34)21-15-18-9-10-19(35-3)24-22(18)28(29,25(20)38-24)13-14-30(21)2/h4-11,16,21,23,25,31,34H,12-15H2,1-3H3/t16-,21+,23-,25-,28-,29+/m0/s1. The summed E-state index contributed by atoms with van der Waals surface area (Å²) in [6.07, 6.45) is -0.264. The maximum Gasteiger partial charge on any atom is 0.352 e. The second-order valence-electron chi connectivity index (χ2n) is 10.6. The van der Waals surface area contributed by atoms with E-state index in [-0.39, 0.29) is 18.2 Å². The van der Waals surface area contributed by atoms with Gasteiger partial charge in [0.05, 0.1) is 18.1 Å². The summed E-state index contributed by atoms with van der Waals surface area (Å²) in [5.74, 6) is -0.323. The van der Waals surface area contributed by atoms with Crippen molar-refractivity contribution in [1.29, 1.82) is 0 Å². The monoisotopic (exact) mass is 521 g/mol. The highest BCUT2D eigenvalue weighted by Crippen LogP contribution is 2.65. The number of nitrogens with zero attached hydrogens (tertiary/aromatic N) is 1. The van der Waals surface area contributed by atoms with E-state index in [0.29, 0.717) is 29.9 Å². The Morgan fingerprint density at radius 2 is 1.92 bits per heavy atom. The quantitative estimate of drug-likeness (QED) is 0.552. The van der Waals surface area contributed by atoms with Crippen molar-refractivity contribution in [3.8, 4) is 11.5 Å². The van der Waals surface area contributed by atoms with E-state index in [1.165, 1.54) is 6.92 Å². The molecule has 4 aliphatic rings. The molecule has 1 fully saturated rings. The van der Waals surface area contributed by atoms with E-state index in [9.17, 15) is 19.8 Å². The average Bonchev–Trinajstić information content (AvgIpc) is 3.28. The molecule has 2 heterocycles. The number of benzene rings is 2. The van der Waals surface area contributed by atoms with Gasteiger partial charge in [-0.25, -0.2) is 9.59 Å². The molecule has 0 radical (unpaired) electrons. The number of hydrogen-bond acceptors (Lipinski definition) is 9. The molecule has 2 aromatic carbocycles. The lowest BCUT2D eigenvalue weighted by Gasteiger charge is -2.61. The molecule has 2 aliphatic carbocycles. The van der Waals surface area contributed by atoms with Gasteiger partial charge in [-0.15, -0.1) is 0 Å². The Morgan fingerprint density at radius 1 is 1.16 bits per heavy atom. The lowest BCUT2D eigenvalue weighted by molar-refractivity contribution is -0.178. The number of aliphatic hydroxyl groups is 2. The van der Waals surface area contributed by atoms with Gasteiger partial charge in [-0.1, -0.05) is 36.4 Å². The van der Waals surface area contributed by atoms with Gasteiger partial charge in [-0.3, -0.25) is 0 Å². The van der Waals surface area contributed by atoms with Crippen molar-refractivity contribution in [2.24, 2.45) is 0 Å². The molecule has 0 amide bonds. The maximum absolute atomic E-state index is 13.1. The molecule has 0 saturated carbocycles. The molecule has 1 spiro atoms. The van der Waals surface area contributed by atoms with E-state index in [4.69, 9.17) is 18.9 Å². The number of hydrogen-bond donors (Lipinski definition) is 2. The van der Waals surface area contributed by atoms with Crippen molar-refractivity contribution >= 4 is 11.9 Å². The molecule has 9 heteroatoms. The largest absolute Gasteiger partial charge is 0.493 e. The topological polar surface area (TPSA) is 115 Å². The molecular weight excluding hydrogens is 490 g/mol. The highest BCUT2D eigenvalue weighted by Gasteiger charge is 2.72. The van der Waals surface area contributed by atoms with Crippen molar-refractivity contribution in [1.82, 2.24) is 4.90 Å². The van der Waals surface area contributed by atoms with Gasteiger partial charge in [0, 0.05) is 18.0 Å². The first kappa shape index (κ1) is 24.9. The van der Waals surface area contributed by atoms with Crippen LogP contribution < -0.4 is 9.47 Å². The zero-order valence-corrected chi connectivity index (χ0v) is 21.5. The van der Waals surface area contributed by atoms with Crippen LogP contribution in [0.3, 0.4) is 0 Å². The maximum atomic E-state index is 13.1. The van der Waals surface area contributed by atoms with Crippen LogP contribution in [0.15, 0.2) is 54.3 Å². The molecular formula is C29H31NO8. The fourth-order valence-electron chi connectivity index (χ4n) is 6.85. The highest BCUT2D eigenvalue weighted by atomic mass is 16.6. The molecule has 2 aliphatic heterocycles. The van der Waals surface area contributed by atoms with Crippen LogP contribution in [0.4, 0.5) is 0 Å². The number of esters is 2.